The molecule has 1 unspecified atom stereocenters. The average Bonchev–Trinajstić information content (AvgIpc) is 3.14. The van der Waals surface area contributed by atoms with E-state index in [0.29, 0.717) is 6.54 Å². The molecule has 0 radical (unpaired) electrons. The van der Waals surface area contributed by atoms with Crippen molar-refractivity contribution in [3.63, 3.8) is 0 Å². The Morgan fingerprint density at radius 3 is 2.63 bits per heavy atom. The second kappa shape index (κ2) is 12.8. The summed E-state index contributed by atoms with van der Waals surface area (Å²) in [6, 6.07) is 8.31. The van der Waals surface area contributed by atoms with E-state index in [1.165, 1.54) is 5.56 Å². The Hall–Kier alpha value is -0.940. The Balaban J connectivity index is 0.00000320. The zero-order valence-corrected chi connectivity index (χ0v) is 21.7. The molecule has 0 bridgehead atoms. The van der Waals surface area contributed by atoms with E-state index < -0.39 is 0 Å². The summed E-state index contributed by atoms with van der Waals surface area (Å²) >= 11 is 7.79. The van der Waals surface area contributed by atoms with Crippen molar-refractivity contribution in [2.75, 3.05) is 46.4 Å². The summed E-state index contributed by atoms with van der Waals surface area (Å²) in [5.74, 6) is 0.894. The minimum Gasteiger partial charge on any atom is -0.379 e. The number of aliphatic imine (C=N–C) groups is 1. The first-order valence-corrected chi connectivity index (χ1v) is 11.3. The fourth-order valence-corrected chi connectivity index (χ4v) is 4.18. The molecule has 1 saturated heterocycles. The number of halogens is 2. The number of aromatic nitrogens is 1. The highest BCUT2D eigenvalue weighted by molar-refractivity contribution is 14.0. The van der Waals surface area contributed by atoms with Gasteiger partial charge in [0.05, 0.1) is 43.0 Å². The van der Waals surface area contributed by atoms with Gasteiger partial charge in [-0.2, -0.15) is 0 Å². The van der Waals surface area contributed by atoms with Crippen LogP contribution in [0.3, 0.4) is 0 Å². The molecule has 0 amide bonds. The molecule has 2 aromatic rings. The highest BCUT2D eigenvalue weighted by Gasteiger charge is 2.23. The van der Waals surface area contributed by atoms with Crippen LogP contribution in [0.25, 0.3) is 0 Å². The average molecular weight is 564 g/mol. The van der Waals surface area contributed by atoms with Gasteiger partial charge in [0.1, 0.15) is 0 Å². The van der Waals surface area contributed by atoms with Crippen molar-refractivity contribution in [1.82, 2.24) is 20.1 Å². The van der Waals surface area contributed by atoms with Crippen molar-refractivity contribution in [3.8, 4) is 0 Å². The van der Waals surface area contributed by atoms with Crippen molar-refractivity contribution in [1.29, 1.82) is 0 Å². The van der Waals surface area contributed by atoms with Gasteiger partial charge in [0.15, 0.2) is 5.96 Å². The Morgan fingerprint density at radius 1 is 1.33 bits per heavy atom. The number of ether oxygens (including phenoxy) is 1. The number of benzene rings is 1. The zero-order valence-electron chi connectivity index (χ0n) is 17.8. The lowest BCUT2D eigenvalue weighted by Gasteiger charge is -2.34. The van der Waals surface area contributed by atoms with Gasteiger partial charge in [-0.05, 0) is 31.5 Å². The van der Waals surface area contributed by atoms with Crippen molar-refractivity contribution in [2.45, 2.75) is 26.4 Å². The second-order valence-corrected chi connectivity index (χ2v) is 8.62. The lowest BCUT2D eigenvalue weighted by Crippen LogP contribution is -2.42. The lowest BCUT2D eigenvalue weighted by molar-refractivity contribution is 0.0179. The van der Waals surface area contributed by atoms with Crippen molar-refractivity contribution < 1.29 is 4.74 Å². The van der Waals surface area contributed by atoms with E-state index in [4.69, 9.17) is 21.3 Å². The molecular weight excluding hydrogens is 533 g/mol. The van der Waals surface area contributed by atoms with Crippen LogP contribution in [-0.4, -0.2) is 67.2 Å². The molecule has 1 aromatic heterocycles. The van der Waals surface area contributed by atoms with Gasteiger partial charge in [0.25, 0.3) is 0 Å². The van der Waals surface area contributed by atoms with E-state index in [0.717, 1.165) is 61.1 Å². The third-order valence-corrected chi connectivity index (χ3v) is 5.99. The van der Waals surface area contributed by atoms with Gasteiger partial charge >= 0.3 is 0 Å². The van der Waals surface area contributed by atoms with Gasteiger partial charge < -0.3 is 15.0 Å². The third-order valence-electron chi connectivity index (χ3n) is 4.92. The van der Waals surface area contributed by atoms with E-state index in [9.17, 15) is 0 Å². The van der Waals surface area contributed by atoms with Crippen LogP contribution in [0.4, 0.5) is 0 Å². The van der Waals surface area contributed by atoms with Crippen molar-refractivity contribution in [2.24, 2.45) is 4.99 Å². The number of aryl methyl sites for hydroxylation is 1. The standard InChI is InChI=1S/C21H30ClN5OS.HI/c1-4-23-21(26(3)14-19-15-29-16(2)25-19)24-13-20(27-9-11-28-12-10-27)17-5-7-18(22)8-6-17;/h5-8,15,20H,4,9-14H2,1-3H3,(H,23,24);1H. The Morgan fingerprint density at radius 2 is 2.03 bits per heavy atom. The van der Waals surface area contributed by atoms with Gasteiger partial charge in [-0.3, -0.25) is 9.89 Å². The molecule has 0 aliphatic carbocycles. The SMILES string of the molecule is CCNC(=NCC(c1ccc(Cl)cc1)N1CCOCC1)N(C)Cc1csc(C)n1.I. The molecule has 1 aliphatic rings. The van der Waals surface area contributed by atoms with E-state index in [1.807, 2.05) is 19.1 Å². The Labute approximate surface area is 205 Å². The highest BCUT2D eigenvalue weighted by Crippen LogP contribution is 2.24. The molecule has 1 aliphatic heterocycles. The van der Waals surface area contributed by atoms with Gasteiger partial charge in [-0.1, -0.05) is 23.7 Å². The number of nitrogens with zero attached hydrogens (tertiary/aromatic N) is 4. The Bertz CT molecular complexity index is 795. The van der Waals surface area contributed by atoms with E-state index >= 15 is 0 Å². The Kier molecular flexibility index (Phi) is 10.8. The minimum atomic E-state index is 0. The fourth-order valence-electron chi connectivity index (χ4n) is 3.45. The molecule has 3 rings (SSSR count). The number of thiazole rings is 1. The quantitative estimate of drug-likeness (QED) is 0.311. The number of hydrogen-bond donors (Lipinski definition) is 1. The van der Waals surface area contributed by atoms with Gasteiger partial charge in [-0.15, -0.1) is 35.3 Å². The first-order valence-electron chi connectivity index (χ1n) is 10.0. The summed E-state index contributed by atoms with van der Waals surface area (Å²) in [4.78, 5) is 14.1. The van der Waals surface area contributed by atoms with Crippen LogP contribution in [0.5, 0.6) is 0 Å². The van der Waals surface area contributed by atoms with Crippen LogP contribution in [-0.2, 0) is 11.3 Å². The molecule has 30 heavy (non-hydrogen) atoms. The predicted octanol–water partition coefficient (Wildman–Crippen LogP) is 4.19. The van der Waals surface area contributed by atoms with Crippen LogP contribution in [0, 0.1) is 6.92 Å². The topological polar surface area (TPSA) is 53.0 Å². The summed E-state index contributed by atoms with van der Waals surface area (Å²) in [7, 11) is 2.06. The smallest absolute Gasteiger partial charge is 0.194 e. The van der Waals surface area contributed by atoms with Gasteiger partial charge in [-0.25, -0.2) is 4.98 Å². The molecule has 1 fully saturated rings. The fraction of sp³-hybridized carbons (Fsp3) is 0.524. The van der Waals surface area contributed by atoms with Crippen molar-refractivity contribution in [3.05, 3.63) is 50.9 Å². The van der Waals surface area contributed by atoms with E-state index in [2.05, 4.69) is 51.6 Å². The third kappa shape index (κ3) is 7.33. The first-order chi connectivity index (χ1) is 14.1. The van der Waals surface area contributed by atoms with E-state index in [1.54, 1.807) is 11.3 Å². The second-order valence-electron chi connectivity index (χ2n) is 7.12. The van der Waals surface area contributed by atoms with Crippen molar-refractivity contribution >= 4 is 52.9 Å². The summed E-state index contributed by atoms with van der Waals surface area (Å²) in [5, 5.41) is 7.37. The normalized spacial score (nSPS) is 16.1. The van der Waals surface area contributed by atoms with Gasteiger partial charge in [0.2, 0.25) is 0 Å². The molecule has 6 nitrogen and oxygen atoms in total. The summed E-state index contributed by atoms with van der Waals surface area (Å²) in [6.45, 7) is 9.70. The molecule has 2 heterocycles. The number of hydrogen-bond acceptors (Lipinski definition) is 5. The number of morpholine rings is 1. The molecular formula is C21H31ClIN5OS. The monoisotopic (exact) mass is 563 g/mol. The van der Waals surface area contributed by atoms with Crippen LogP contribution >= 0.6 is 46.9 Å². The lowest BCUT2D eigenvalue weighted by atomic mass is 10.0. The summed E-state index contributed by atoms with van der Waals surface area (Å²) < 4.78 is 5.55. The molecule has 1 atom stereocenters. The number of nitrogens with one attached hydrogen (secondary N) is 1. The summed E-state index contributed by atoms with van der Waals surface area (Å²) in [6.07, 6.45) is 0. The molecule has 0 saturated carbocycles. The maximum atomic E-state index is 6.11. The summed E-state index contributed by atoms with van der Waals surface area (Å²) in [5.41, 5.74) is 2.30. The zero-order chi connectivity index (χ0) is 20.6. The van der Waals surface area contributed by atoms with Crippen LogP contribution in [0.15, 0.2) is 34.6 Å². The maximum Gasteiger partial charge on any atom is 0.194 e. The largest absolute Gasteiger partial charge is 0.379 e. The minimum absolute atomic E-state index is 0. The predicted molar refractivity (Wildman–Crippen MR) is 136 cm³/mol. The van der Waals surface area contributed by atoms with Crippen LogP contribution in [0.1, 0.15) is 29.2 Å². The highest BCUT2D eigenvalue weighted by atomic mass is 127. The maximum absolute atomic E-state index is 6.11. The molecule has 166 valence electrons. The molecule has 1 aromatic carbocycles. The number of guanidine groups is 1. The van der Waals surface area contributed by atoms with E-state index in [-0.39, 0.29) is 30.0 Å². The van der Waals surface area contributed by atoms with Gasteiger partial charge in [0, 0.05) is 37.1 Å². The van der Waals surface area contributed by atoms with Crippen LogP contribution < -0.4 is 5.32 Å². The number of rotatable bonds is 7. The molecule has 9 heteroatoms. The molecule has 1 N–H and O–H groups in total. The van der Waals surface area contributed by atoms with Crippen LogP contribution in [0.2, 0.25) is 5.02 Å². The first kappa shape index (κ1) is 25.3. The molecule has 0 spiro atoms.